The van der Waals surface area contributed by atoms with E-state index >= 15 is 0 Å². The van der Waals surface area contributed by atoms with Gasteiger partial charge in [0.15, 0.2) is 0 Å². The van der Waals surface area contributed by atoms with Crippen LogP contribution < -0.4 is 16.0 Å². The van der Waals surface area contributed by atoms with Crippen LogP contribution in [0.3, 0.4) is 0 Å². The van der Waals surface area contributed by atoms with Crippen molar-refractivity contribution in [1.29, 1.82) is 0 Å². The van der Waals surface area contributed by atoms with Gasteiger partial charge in [-0.25, -0.2) is 8.78 Å². The number of amides is 3. The number of fused-ring (bicyclic) bond motifs is 1. The highest BCUT2D eigenvalue weighted by molar-refractivity contribution is 6.30. The van der Waals surface area contributed by atoms with Gasteiger partial charge in [-0.1, -0.05) is 37.6 Å². The maximum Gasteiger partial charge on any atom is 0.245 e. The number of para-hydroxylation sites is 1. The Morgan fingerprint density at radius 1 is 1.09 bits per heavy atom. The van der Waals surface area contributed by atoms with E-state index in [-0.39, 0.29) is 30.2 Å². The Bertz CT molecular complexity index is 1030. The van der Waals surface area contributed by atoms with Gasteiger partial charge >= 0.3 is 0 Å². The molecule has 0 saturated carbocycles. The van der Waals surface area contributed by atoms with E-state index in [0.29, 0.717) is 13.1 Å². The van der Waals surface area contributed by atoms with E-state index in [0.717, 1.165) is 29.1 Å². The Labute approximate surface area is 209 Å². The van der Waals surface area contributed by atoms with Gasteiger partial charge in [0, 0.05) is 18.1 Å². The SMILES string of the molecule is CN[C@@H](C)C(=O)NC(C(=O)N1CCc2cc(Cl)ccc2C1)C(C)C.O=CNc1c(F)cccc1F. The second-order valence-corrected chi connectivity index (χ2v) is 8.96. The summed E-state index contributed by atoms with van der Waals surface area (Å²) in [7, 11) is 1.73. The van der Waals surface area contributed by atoms with Crippen LogP contribution in [0.2, 0.25) is 5.02 Å². The van der Waals surface area contributed by atoms with E-state index in [9.17, 15) is 23.2 Å². The van der Waals surface area contributed by atoms with Gasteiger partial charge < -0.3 is 20.9 Å². The zero-order valence-electron chi connectivity index (χ0n) is 20.2. The maximum atomic E-state index is 12.9. The van der Waals surface area contributed by atoms with Crippen molar-refractivity contribution in [2.75, 3.05) is 18.9 Å². The number of likely N-dealkylation sites (N-methyl/N-ethyl adjacent to an activating group) is 1. The van der Waals surface area contributed by atoms with Crippen molar-refractivity contribution < 1.29 is 23.2 Å². The lowest BCUT2D eigenvalue weighted by Gasteiger charge is -2.34. The molecule has 1 aliphatic rings. The van der Waals surface area contributed by atoms with E-state index in [1.54, 1.807) is 14.0 Å². The highest BCUT2D eigenvalue weighted by Gasteiger charge is 2.31. The fourth-order valence-electron chi connectivity index (χ4n) is 3.52. The number of anilines is 1. The van der Waals surface area contributed by atoms with E-state index in [2.05, 4.69) is 10.6 Å². The summed E-state index contributed by atoms with van der Waals surface area (Å²) >= 11 is 6.03. The molecule has 0 radical (unpaired) electrons. The van der Waals surface area contributed by atoms with Gasteiger partial charge in [-0.15, -0.1) is 0 Å². The molecule has 0 saturated heterocycles. The Morgan fingerprint density at radius 2 is 1.74 bits per heavy atom. The molecule has 2 aromatic carbocycles. The van der Waals surface area contributed by atoms with E-state index < -0.39 is 23.4 Å². The van der Waals surface area contributed by atoms with Crippen molar-refractivity contribution in [2.45, 2.75) is 45.8 Å². The molecule has 10 heteroatoms. The van der Waals surface area contributed by atoms with Crippen LogP contribution in [0.25, 0.3) is 0 Å². The first-order valence-corrected chi connectivity index (χ1v) is 11.6. The standard InChI is InChI=1S/C18H26ClN3O2.C7H5F2NO/c1-11(2)16(21-17(23)12(3)20-4)18(24)22-8-7-13-9-15(19)6-5-14(13)10-22;8-5-2-1-3-6(9)7(5)10-4-11/h5-6,9,11-12,16,20H,7-8,10H2,1-4H3,(H,21,23);1-4H,(H,10,11)/t12-,16?;/m0./s1. The number of carbonyl (C=O) groups excluding carboxylic acids is 3. The number of hydrogen-bond acceptors (Lipinski definition) is 4. The third kappa shape index (κ3) is 7.73. The molecule has 35 heavy (non-hydrogen) atoms. The van der Waals surface area contributed by atoms with E-state index in [1.165, 1.54) is 11.6 Å². The molecule has 3 N–H and O–H groups in total. The van der Waals surface area contributed by atoms with Gasteiger partial charge in [0.05, 0.1) is 6.04 Å². The predicted octanol–water partition coefficient (Wildman–Crippen LogP) is 3.51. The minimum Gasteiger partial charge on any atom is -0.343 e. The fraction of sp³-hybridized carbons (Fsp3) is 0.400. The molecular weight excluding hydrogens is 478 g/mol. The molecule has 1 heterocycles. The van der Waals surface area contributed by atoms with Crippen molar-refractivity contribution in [3.8, 4) is 0 Å². The molecule has 0 spiro atoms. The van der Waals surface area contributed by atoms with Crippen LogP contribution >= 0.6 is 11.6 Å². The number of halogens is 3. The summed E-state index contributed by atoms with van der Waals surface area (Å²) < 4.78 is 25.2. The smallest absolute Gasteiger partial charge is 0.245 e. The van der Waals surface area contributed by atoms with Gasteiger partial charge in [-0.3, -0.25) is 14.4 Å². The second kappa shape index (κ2) is 13.2. The van der Waals surface area contributed by atoms with Crippen molar-refractivity contribution in [3.63, 3.8) is 0 Å². The molecule has 7 nitrogen and oxygen atoms in total. The molecule has 0 aliphatic carbocycles. The van der Waals surface area contributed by atoms with Gasteiger partial charge in [0.2, 0.25) is 18.2 Å². The summed E-state index contributed by atoms with van der Waals surface area (Å²) in [4.78, 5) is 36.7. The number of nitrogens with zero attached hydrogens (tertiary/aromatic N) is 1. The molecule has 3 rings (SSSR count). The second-order valence-electron chi connectivity index (χ2n) is 8.52. The average molecular weight is 509 g/mol. The Hall–Kier alpha value is -3.04. The molecule has 2 aromatic rings. The van der Waals surface area contributed by atoms with Crippen molar-refractivity contribution in [1.82, 2.24) is 15.5 Å². The first-order chi connectivity index (χ1) is 16.6. The van der Waals surface area contributed by atoms with Crippen LogP contribution in [0.5, 0.6) is 0 Å². The van der Waals surface area contributed by atoms with E-state index in [4.69, 9.17) is 11.6 Å². The topological polar surface area (TPSA) is 90.5 Å². The third-order valence-electron chi connectivity index (χ3n) is 5.72. The molecule has 1 aliphatic heterocycles. The summed E-state index contributed by atoms with van der Waals surface area (Å²) in [6.45, 7) is 6.88. The lowest BCUT2D eigenvalue weighted by atomic mass is 9.97. The van der Waals surface area contributed by atoms with Crippen LogP contribution in [0.4, 0.5) is 14.5 Å². The van der Waals surface area contributed by atoms with Gasteiger partial charge in [0.25, 0.3) is 0 Å². The van der Waals surface area contributed by atoms with Gasteiger partial charge in [-0.2, -0.15) is 0 Å². The lowest BCUT2D eigenvalue weighted by Crippen LogP contribution is -2.55. The summed E-state index contributed by atoms with van der Waals surface area (Å²) in [6.07, 6.45) is 1.01. The first kappa shape index (κ1) is 28.2. The van der Waals surface area contributed by atoms with Gasteiger partial charge in [-0.05, 0) is 61.7 Å². The number of rotatable bonds is 7. The zero-order valence-corrected chi connectivity index (χ0v) is 21.0. The fourth-order valence-corrected chi connectivity index (χ4v) is 3.72. The average Bonchev–Trinajstić information content (AvgIpc) is 2.83. The van der Waals surface area contributed by atoms with Crippen LogP contribution in [0.1, 0.15) is 31.9 Å². The lowest BCUT2D eigenvalue weighted by molar-refractivity contribution is -0.138. The quantitative estimate of drug-likeness (QED) is 0.499. The van der Waals surface area contributed by atoms with Crippen molar-refractivity contribution in [2.24, 2.45) is 5.92 Å². The minimum absolute atomic E-state index is 0.0251. The van der Waals surface area contributed by atoms with Crippen molar-refractivity contribution in [3.05, 3.63) is 64.2 Å². The molecular formula is C25H31ClF2N4O3. The Morgan fingerprint density at radius 3 is 2.31 bits per heavy atom. The largest absolute Gasteiger partial charge is 0.343 e. The molecule has 3 amide bonds. The molecule has 0 fully saturated rings. The van der Waals surface area contributed by atoms with Crippen molar-refractivity contribution >= 4 is 35.5 Å². The first-order valence-electron chi connectivity index (χ1n) is 11.3. The number of carbonyl (C=O) groups is 3. The summed E-state index contributed by atoms with van der Waals surface area (Å²) in [6, 6.07) is 8.30. The van der Waals surface area contributed by atoms with Crippen LogP contribution in [-0.2, 0) is 27.3 Å². The molecule has 2 atom stereocenters. The monoisotopic (exact) mass is 508 g/mol. The number of hydrogen-bond donors (Lipinski definition) is 3. The normalized spacial score (nSPS) is 14.2. The highest BCUT2D eigenvalue weighted by atomic mass is 35.5. The maximum absolute atomic E-state index is 12.9. The molecule has 0 bridgehead atoms. The van der Waals surface area contributed by atoms with Crippen LogP contribution in [0, 0.1) is 17.6 Å². The molecule has 1 unspecified atom stereocenters. The predicted molar refractivity (Wildman–Crippen MR) is 132 cm³/mol. The summed E-state index contributed by atoms with van der Waals surface area (Å²) in [5, 5.41) is 8.42. The summed E-state index contributed by atoms with van der Waals surface area (Å²) in [5.74, 6) is -1.72. The van der Waals surface area contributed by atoms with Gasteiger partial charge in [0.1, 0.15) is 23.4 Å². The Kier molecular flexibility index (Phi) is 10.6. The van der Waals surface area contributed by atoms with E-state index in [1.807, 2.05) is 42.3 Å². The molecule has 0 aromatic heterocycles. The van der Waals surface area contributed by atoms with Crippen LogP contribution in [0.15, 0.2) is 36.4 Å². The van der Waals surface area contributed by atoms with Crippen LogP contribution in [-0.4, -0.2) is 48.8 Å². The minimum atomic E-state index is -0.780. The molecule has 190 valence electrons. The highest BCUT2D eigenvalue weighted by Crippen LogP contribution is 2.23. The third-order valence-corrected chi connectivity index (χ3v) is 5.95. The summed E-state index contributed by atoms with van der Waals surface area (Å²) in [5.41, 5.74) is 1.90. The zero-order chi connectivity index (χ0) is 26.1. The number of benzene rings is 2. The number of nitrogens with one attached hydrogen (secondary N) is 3. The Balaban J connectivity index is 0.000000328.